The molecule has 2 aromatic carbocycles. The number of rotatable bonds is 6. The predicted molar refractivity (Wildman–Crippen MR) is 125 cm³/mol. The first kappa shape index (κ1) is 20.5. The summed E-state index contributed by atoms with van der Waals surface area (Å²) in [5.41, 5.74) is 10.1. The Morgan fingerprint density at radius 2 is 1.90 bits per heavy atom. The van der Waals surface area contributed by atoms with Crippen LogP contribution in [0.5, 0.6) is 0 Å². The Bertz CT molecular complexity index is 1120. The van der Waals surface area contributed by atoms with E-state index in [4.69, 9.17) is 27.1 Å². The molecule has 160 valence electrons. The van der Waals surface area contributed by atoms with Crippen LogP contribution in [0.25, 0.3) is 11.1 Å². The minimum Gasteiger partial charge on any atom is -0.462 e. The lowest BCUT2D eigenvalue weighted by atomic mass is 10.0. The maximum Gasteiger partial charge on any atom is 0.350 e. The molecule has 2 fully saturated rings. The van der Waals surface area contributed by atoms with E-state index in [0.717, 1.165) is 40.6 Å². The average Bonchev–Trinajstić information content (AvgIpc) is 3.14. The zero-order chi connectivity index (χ0) is 21.5. The van der Waals surface area contributed by atoms with E-state index < -0.39 is 0 Å². The molecular weight excluding hydrogens is 430 g/mol. The predicted octanol–water partition coefficient (Wildman–Crippen LogP) is 4.62. The van der Waals surface area contributed by atoms with Crippen molar-refractivity contribution in [2.24, 2.45) is 17.6 Å². The minimum atomic E-state index is -0.298. The number of hydrogen-bond donors (Lipinski definition) is 1. The number of benzene rings is 2. The molecule has 2 heterocycles. The molecule has 3 aromatic rings. The van der Waals surface area contributed by atoms with Gasteiger partial charge in [-0.2, -0.15) is 0 Å². The highest BCUT2D eigenvalue weighted by molar-refractivity contribution is 7.17. The summed E-state index contributed by atoms with van der Waals surface area (Å²) in [5.74, 6) is 0.828. The van der Waals surface area contributed by atoms with E-state index in [2.05, 4.69) is 23.1 Å². The maximum absolute atomic E-state index is 12.6. The molecule has 0 bridgehead atoms. The van der Waals surface area contributed by atoms with Gasteiger partial charge in [-0.15, -0.1) is 0 Å². The standard InChI is InChI=1S/C24H24ClN3O2S/c1-2-30-23(29)22-20(27-24(31-22)28-12-18-19(13-28)21(18)26)10-14-5-3-6-15(9-14)16-7-4-8-17(25)11-16/h3-9,11,18-19,21H,2,10,12-13,26H2,1H3/t18-,19+,21?. The van der Waals surface area contributed by atoms with Crippen LogP contribution in [0.2, 0.25) is 5.02 Å². The number of nitrogens with zero attached hydrogens (tertiary/aromatic N) is 2. The second kappa shape index (κ2) is 8.26. The largest absolute Gasteiger partial charge is 0.462 e. The van der Waals surface area contributed by atoms with Crippen LogP contribution < -0.4 is 10.6 Å². The highest BCUT2D eigenvalue weighted by Gasteiger charge is 2.54. The van der Waals surface area contributed by atoms with Crippen LogP contribution in [0.15, 0.2) is 48.5 Å². The van der Waals surface area contributed by atoms with Gasteiger partial charge in [-0.3, -0.25) is 0 Å². The molecule has 3 atom stereocenters. The van der Waals surface area contributed by atoms with Crippen molar-refractivity contribution in [2.75, 3.05) is 24.6 Å². The molecule has 1 aromatic heterocycles. The molecule has 1 unspecified atom stereocenters. The summed E-state index contributed by atoms with van der Waals surface area (Å²) in [5, 5.41) is 1.60. The topological polar surface area (TPSA) is 68.5 Å². The summed E-state index contributed by atoms with van der Waals surface area (Å²) in [6.07, 6.45) is 0.569. The van der Waals surface area contributed by atoms with Crippen molar-refractivity contribution >= 4 is 34.0 Å². The fourth-order valence-corrected chi connectivity index (χ4v) is 5.59. The van der Waals surface area contributed by atoms with Gasteiger partial charge in [0.1, 0.15) is 4.88 Å². The van der Waals surface area contributed by atoms with Crippen LogP contribution in [-0.2, 0) is 11.2 Å². The summed E-state index contributed by atoms with van der Waals surface area (Å²) < 4.78 is 5.31. The van der Waals surface area contributed by atoms with Crippen molar-refractivity contribution in [3.63, 3.8) is 0 Å². The summed E-state index contributed by atoms with van der Waals surface area (Å²) in [6.45, 7) is 4.01. The van der Waals surface area contributed by atoms with Gasteiger partial charge >= 0.3 is 5.97 Å². The number of piperidine rings is 1. The first-order valence-corrected chi connectivity index (χ1v) is 11.7. The lowest BCUT2D eigenvalue weighted by molar-refractivity contribution is 0.0530. The molecule has 2 aliphatic rings. The van der Waals surface area contributed by atoms with Crippen LogP contribution in [0, 0.1) is 11.8 Å². The summed E-state index contributed by atoms with van der Waals surface area (Å²) in [7, 11) is 0. The monoisotopic (exact) mass is 453 g/mol. The van der Waals surface area contributed by atoms with Crippen LogP contribution >= 0.6 is 22.9 Å². The molecule has 1 aliphatic carbocycles. The van der Waals surface area contributed by atoms with Gasteiger partial charge in [0.15, 0.2) is 5.13 Å². The molecule has 31 heavy (non-hydrogen) atoms. The fraction of sp³-hybridized carbons (Fsp3) is 0.333. The zero-order valence-electron chi connectivity index (χ0n) is 17.3. The second-order valence-electron chi connectivity index (χ2n) is 8.19. The molecule has 1 saturated heterocycles. The number of carbonyl (C=O) groups excluding carboxylic acids is 1. The third-order valence-electron chi connectivity index (χ3n) is 6.13. The lowest BCUT2D eigenvalue weighted by Crippen LogP contribution is -2.27. The Morgan fingerprint density at radius 1 is 1.19 bits per heavy atom. The molecular formula is C24H24ClN3O2S. The third-order valence-corrected chi connectivity index (χ3v) is 7.51. The van der Waals surface area contributed by atoms with Gasteiger partial charge in [-0.1, -0.05) is 59.3 Å². The summed E-state index contributed by atoms with van der Waals surface area (Å²) in [6, 6.07) is 16.4. The first-order valence-electron chi connectivity index (χ1n) is 10.6. The molecule has 1 saturated carbocycles. The Balaban J connectivity index is 1.43. The Morgan fingerprint density at radius 3 is 2.61 bits per heavy atom. The van der Waals surface area contributed by atoms with Gasteiger partial charge in [0.2, 0.25) is 0 Å². The molecule has 0 spiro atoms. The van der Waals surface area contributed by atoms with E-state index in [0.29, 0.717) is 40.8 Å². The van der Waals surface area contributed by atoms with E-state index in [9.17, 15) is 4.79 Å². The van der Waals surface area contributed by atoms with Gasteiger partial charge in [-0.25, -0.2) is 9.78 Å². The number of halogens is 1. The highest BCUT2D eigenvalue weighted by Crippen LogP contribution is 2.46. The van der Waals surface area contributed by atoms with Crippen molar-refractivity contribution < 1.29 is 9.53 Å². The Kier molecular flexibility index (Phi) is 5.46. The molecule has 5 nitrogen and oxygen atoms in total. The van der Waals surface area contributed by atoms with E-state index in [1.165, 1.54) is 11.3 Å². The maximum atomic E-state index is 12.6. The van der Waals surface area contributed by atoms with Crippen molar-refractivity contribution in [1.29, 1.82) is 0 Å². The molecule has 1 aliphatic heterocycles. The number of hydrogen-bond acceptors (Lipinski definition) is 6. The van der Waals surface area contributed by atoms with E-state index >= 15 is 0 Å². The second-order valence-corrected chi connectivity index (χ2v) is 9.60. The minimum absolute atomic E-state index is 0.298. The number of anilines is 1. The van der Waals surface area contributed by atoms with Crippen LogP contribution in [0.1, 0.15) is 27.9 Å². The first-order chi connectivity index (χ1) is 15.0. The SMILES string of the molecule is CCOC(=O)c1sc(N2C[C@@H]3C(N)[C@@H]3C2)nc1Cc1cccc(-c2cccc(Cl)c2)c1. The van der Waals surface area contributed by atoms with E-state index in [1.807, 2.05) is 37.3 Å². The smallest absolute Gasteiger partial charge is 0.350 e. The van der Waals surface area contributed by atoms with Gasteiger partial charge in [0.25, 0.3) is 0 Å². The fourth-order valence-electron chi connectivity index (χ4n) is 4.40. The number of esters is 1. The Labute approximate surface area is 190 Å². The Hall–Kier alpha value is -2.41. The lowest BCUT2D eigenvalue weighted by Gasteiger charge is -2.17. The highest BCUT2D eigenvalue weighted by atomic mass is 35.5. The van der Waals surface area contributed by atoms with Gasteiger partial charge < -0.3 is 15.4 Å². The van der Waals surface area contributed by atoms with Gasteiger partial charge in [0, 0.05) is 30.6 Å². The molecule has 0 radical (unpaired) electrons. The summed E-state index contributed by atoms with van der Waals surface area (Å²) >= 11 is 7.60. The number of thiazole rings is 1. The van der Waals surface area contributed by atoms with Crippen LogP contribution in [-0.4, -0.2) is 36.7 Å². The number of nitrogens with two attached hydrogens (primary N) is 1. The van der Waals surface area contributed by atoms with Gasteiger partial charge in [-0.05, 0) is 47.6 Å². The number of carbonyl (C=O) groups is 1. The normalized spacial score (nSPS) is 21.8. The van der Waals surface area contributed by atoms with Crippen LogP contribution in [0.4, 0.5) is 5.13 Å². The quantitative estimate of drug-likeness (QED) is 0.551. The van der Waals surface area contributed by atoms with Crippen molar-refractivity contribution in [1.82, 2.24) is 4.98 Å². The number of aromatic nitrogens is 1. The number of fused-ring (bicyclic) bond motifs is 1. The third kappa shape index (κ3) is 4.07. The molecule has 0 amide bonds. The zero-order valence-corrected chi connectivity index (χ0v) is 18.8. The number of ether oxygens (including phenoxy) is 1. The van der Waals surface area contributed by atoms with Crippen molar-refractivity contribution in [3.05, 3.63) is 69.7 Å². The molecule has 7 heteroatoms. The molecule has 5 rings (SSSR count). The van der Waals surface area contributed by atoms with E-state index in [1.54, 1.807) is 0 Å². The van der Waals surface area contributed by atoms with E-state index in [-0.39, 0.29) is 5.97 Å². The van der Waals surface area contributed by atoms with Crippen molar-refractivity contribution in [2.45, 2.75) is 19.4 Å². The van der Waals surface area contributed by atoms with Crippen LogP contribution in [0.3, 0.4) is 0 Å². The summed E-state index contributed by atoms with van der Waals surface area (Å²) in [4.78, 5) is 20.4. The van der Waals surface area contributed by atoms with Crippen molar-refractivity contribution in [3.8, 4) is 11.1 Å². The van der Waals surface area contributed by atoms with Gasteiger partial charge in [0.05, 0.1) is 12.3 Å². The molecule has 2 N–H and O–H groups in total. The average molecular weight is 454 g/mol.